The van der Waals surface area contributed by atoms with E-state index in [9.17, 15) is 0 Å². The molecule has 2 nitrogen and oxygen atoms in total. The van der Waals surface area contributed by atoms with Gasteiger partial charge in [0.25, 0.3) is 0 Å². The molecule has 0 N–H and O–H groups in total. The zero-order valence-electron chi connectivity index (χ0n) is 36.3. The Hall–Kier alpha value is -7.94. The molecular weight excluding hydrogens is 761 g/mol. The quantitative estimate of drug-likeness (QED) is 0.0797. The molecule has 0 aromatic heterocycles. The standard InChI is InChI=1S/C61H52N2/c1-5-49(21-20-48(4)62(57-36-16-46(2)17-37-57)58-42-32-55(33-43-58)53-12-8-6-9-13-53)22-23-50-24-26-51(27-25-50)28-29-52-30-40-60(41-31-52)63(59-38-18-47(3)19-39-59)61-44-34-56(35-45-61)54-14-10-7-11-15-54/h5-45H,4H2,1-3H3/b21-20-,23-22?,29-28?,49-5+. The molecule has 306 valence electrons. The summed E-state index contributed by atoms with van der Waals surface area (Å²) >= 11 is 0. The lowest BCUT2D eigenvalue weighted by Gasteiger charge is -2.26. The summed E-state index contributed by atoms with van der Waals surface area (Å²) in [5.41, 5.74) is 18.1. The molecule has 0 amide bonds. The average molecular weight is 813 g/mol. The number of anilines is 5. The summed E-state index contributed by atoms with van der Waals surface area (Å²) in [6.45, 7) is 10.8. The van der Waals surface area contributed by atoms with Gasteiger partial charge in [0, 0.05) is 34.1 Å². The number of hydrogen-bond acceptors (Lipinski definition) is 2. The lowest BCUT2D eigenvalue weighted by atomic mass is 10.0. The maximum absolute atomic E-state index is 4.51. The Morgan fingerprint density at radius 1 is 0.365 bits per heavy atom. The van der Waals surface area contributed by atoms with Crippen LogP contribution < -0.4 is 9.80 Å². The Labute approximate surface area is 374 Å². The Kier molecular flexibility index (Phi) is 13.3. The zero-order valence-corrected chi connectivity index (χ0v) is 36.3. The summed E-state index contributed by atoms with van der Waals surface area (Å²) in [5, 5.41) is 0. The van der Waals surface area contributed by atoms with Gasteiger partial charge in [-0.2, -0.15) is 0 Å². The highest BCUT2D eigenvalue weighted by atomic mass is 15.1. The van der Waals surface area contributed by atoms with E-state index < -0.39 is 0 Å². The summed E-state index contributed by atoms with van der Waals surface area (Å²) in [6.07, 6.45) is 15.0. The molecule has 8 aromatic carbocycles. The molecule has 63 heavy (non-hydrogen) atoms. The van der Waals surface area contributed by atoms with Crippen molar-refractivity contribution in [3.63, 3.8) is 0 Å². The van der Waals surface area contributed by atoms with E-state index in [2.05, 4.69) is 280 Å². The summed E-state index contributed by atoms with van der Waals surface area (Å²) in [5.74, 6) is 0. The monoisotopic (exact) mass is 812 g/mol. The van der Waals surface area contributed by atoms with E-state index in [1.807, 2.05) is 6.07 Å². The molecule has 0 bridgehead atoms. The van der Waals surface area contributed by atoms with E-state index in [-0.39, 0.29) is 0 Å². The van der Waals surface area contributed by atoms with Crippen molar-refractivity contribution in [2.24, 2.45) is 0 Å². The first kappa shape index (κ1) is 41.8. The molecule has 0 aliphatic carbocycles. The summed E-state index contributed by atoms with van der Waals surface area (Å²) in [6, 6.07) is 73.2. The zero-order chi connectivity index (χ0) is 43.4. The fourth-order valence-corrected chi connectivity index (χ4v) is 7.54. The van der Waals surface area contributed by atoms with Crippen LogP contribution in [0.4, 0.5) is 28.4 Å². The largest absolute Gasteiger partial charge is 0.311 e. The predicted octanol–water partition coefficient (Wildman–Crippen LogP) is 17.1. The minimum Gasteiger partial charge on any atom is -0.311 e. The van der Waals surface area contributed by atoms with E-state index in [0.29, 0.717) is 0 Å². The Morgan fingerprint density at radius 3 is 1.16 bits per heavy atom. The minimum absolute atomic E-state index is 0.877. The van der Waals surface area contributed by atoms with E-state index in [1.165, 1.54) is 33.4 Å². The maximum atomic E-state index is 4.51. The molecule has 0 radical (unpaired) electrons. The van der Waals surface area contributed by atoms with Crippen LogP contribution >= 0.6 is 0 Å². The molecule has 0 saturated carbocycles. The Bertz CT molecular complexity index is 2850. The molecule has 0 saturated heterocycles. The number of rotatable bonds is 14. The second-order valence-corrected chi connectivity index (χ2v) is 15.7. The lowest BCUT2D eigenvalue weighted by molar-refractivity contribution is 1.21. The second kappa shape index (κ2) is 20.1. The molecule has 8 aromatic rings. The van der Waals surface area contributed by atoms with Crippen LogP contribution in [0.3, 0.4) is 0 Å². The van der Waals surface area contributed by atoms with Gasteiger partial charge in [0.15, 0.2) is 0 Å². The number of aryl methyl sites for hydroxylation is 2. The van der Waals surface area contributed by atoms with Crippen LogP contribution in [0.5, 0.6) is 0 Å². The van der Waals surface area contributed by atoms with Crippen molar-refractivity contribution in [1.82, 2.24) is 0 Å². The summed E-state index contributed by atoms with van der Waals surface area (Å²) in [7, 11) is 0. The van der Waals surface area contributed by atoms with Crippen molar-refractivity contribution in [3.05, 3.63) is 276 Å². The molecule has 0 heterocycles. The highest BCUT2D eigenvalue weighted by molar-refractivity contribution is 5.80. The molecule has 0 aliphatic heterocycles. The van der Waals surface area contributed by atoms with E-state index >= 15 is 0 Å². The van der Waals surface area contributed by atoms with Gasteiger partial charge in [0.2, 0.25) is 0 Å². The van der Waals surface area contributed by atoms with Crippen LogP contribution in [-0.4, -0.2) is 0 Å². The molecule has 0 spiro atoms. The van der Waals surface area contributed by atoms with Crippen LogP contribution in [0.2, 0.25) is 0 Å². The number of allylic oxidation sites excluding steroid dienone is 5. The topological polar surface area (TPSA) is 6.48 Å². The smallest absolute Gasteiger partial charge is 0.0462 e. The van der Waals surface area contributed by atoms with Crippen LogP contribution in [0.25, 0.3) is 40.5 Å². The average Bonchev–Trinajstić information content (AvgIpc) is 3.34. The third kappa shape index (κ3) is 10.7. The normalized spacial score (nSPS) is 11.7. The Balaban J connectivity index is 0.925. The SMILES string of the molecule is C=C(/C=C\C(C=Cc1ccc(C=Cc2ccc(N(c3ccc(C)cc3)c3ccc(-c4ccccc4)cc3)cc2)cc1)=C/C)N(c1ccc(C)cc1)c1ccc(-c2ccccc2)cc1. The van der Waals surface area contributed by atoms with Gasteiger partial charge in [-0.3, -0.25) is 0 Å². The first-order valence-corrected chi connectivity index (χ1v) is 21.5. The van der Waals surface area contributed by atoms with Crippen molar-refractivity contribution < 1.29 is 0 Å². The van der Waals surface area contributed by atoms with Gasteiger partial charge in [-0.15, -0.1) is 0 Å². The van der Waals surface area contributed by atoms with Crippen LogP contribution in [0, 0.1) is 13.8 Å². The van der Waals surface area contributed by atoms with Crippen molar-refractivity contribution in [2.75, 3.05) is 9.80 Å². The van der Waals surface area contributed by atoms with Gasteiger partial charge in [-0.25, -0.2) is 0 Å². The molecule has 8 rings (SSSR count). The van der Waals surface area contributed by atoms with Crippen molar-refractivity contribution >= 4 is 46.7 Å². The highest BCUT2D eigenvalue weighted by Crippen LogP contribution is 2.36. The fraction of sp³-hybridized carbons (Fsp3) is 0.0492. The van der Waals surface area contributed by atoms with Crippen molar-refractivity contribution in [3.8, 4) is 22.3 Å². The number of benzene rings is 8. The van der Waals surface area contributed by atoms with Gasteiger partial charge in [-0.1, -0.05) is 200 Å². The molecule has 0 atom stereocenters. The van der Waals surface area contributed by atoms with E-state index in [0.717, 1.165) is 56.4 Å². The third-order valence-corrected chi connectivity index (χ3v) is 11.2. The van der Waals surface area contributed by atoms with Crippen LogP contribution in [0.15, 0.2) is 248 Å². The molecule has 0 aliphatic rings. The van der Waals surface area contributed by atoms with Gasteiger partial charge >= 0.3 is 0 Å². The number of nitrogens with zero attached hydrogens (tertiary/aromatic N) is 2. The second-order valence-electron chi connectivity index (χ2n) is 15.7. The molecule has 2 heteroatoms. The maximum Gasteiger partial charge on any atom is 0.0462 e. The minimum atomic E-state index is 0.877. The van der Waals surface area contributed by atoms with Crippen molar-refractivity contribution in [2.45, 2.75) is 20.8 Å². The van der Waals surface area contributed by atoms with Crippen molar-refractivity contribution in [1.29, 1.82) is 0 Å². The van der Waals surface area contributed by atoms with Gasteiger partial charge < -0.3 is 9.80 Å². The van der Waals surface area contributed by atoms with Gasteiger partial charge in [-0.05, 0) is 132 Å². The van der Waals surface area contributed by atoms with Crippen LogP contribution in [0.1, 0.15) is 34.7 Å². The van der Waals surface area contributed by atoms with Gasteiger partial charge in [0.05, 0.1) is 0 Å². The van der Waals surface area contributed by atoms with E-state index in [4.69, 9.17) is 0 Å². The summed E-state index contributed by atoms with van der Waals surface area (Å²) in [4.78, 5) is 4.51. The lowest BCUT2D eigenvalue weighted by Crippen LogP contribution is -2.14. The molecule has 0 fully saturated rings. The number of hydrogen-bond donors (Lipinski definition) is 0. The van der Waals surface area contributed by atoms with Crippen LogP contribution in [-0.2, 0) is 0 Å². The summed E-state index contributed by atoms with van der Waals surface area (Å²) < 4.78 is 0. The molecular formula is C61H52N2. The van der Waals surface area contributed by atoms with Gasteiger partial charge in [0.1, 0.15) is 0 Å². The molecule has 0 unspecified atom stereocenters. The predicted molar refractivity (Wildman–Crippen MR) is 273 cm³/mol. The Morgan fingerprint density at radius 2 is 0.714 bits per heavy atom. The fourth-order valence-electron chi connectivity index (χ4n) is 7.54. The highest BCUT2D eigenvalue weighted by Gasteiger charge is 2.14. The first-order valence-electron chi connectivity index (χ1n) is 21.5. The third-order valence-electron chi connectivity index (χ3n) is 11.2. The van der Waals surface area contributed by atoms with E-state index in [1.54, 1.807) is 0 Å². The first-order chi connectivity index (χ1) is 30.9.